The van der Waals surface area contributed by atoms with Gasteiger partial charge in [-0.15, -0.1) is 0 Å². The van der Waals surface area contributed by atoms with Crippen molar-refractivity contribution in [3.05, 3.63) is 65.1 Å². The molecular weight excluding hydrogens is 314 g/mol. The third-order valence-electron chi connectivity index (χ3n) is 3.49. The molecule has 5 nitrogen and oxygen atoms in total. The number of hydrogen-bond acceptors (Lipinski definition) is 4. The van der Waals surface area contributed by atoms with Crippen LogP contribution in [0.2, 0.25) is 5.02 Å². The van der Waals surface area contributed by atoms with Gasteiger partial charge in [-0.1, -0.05) is 17.7 Å². The summed E-state index contributed by atoms with van der Waals surface area (Å²) in [6, 6.07) is 9.92. The van der Waals surface area contributed by atoms with E-state index in [-0.39, 0.29) is 11.7 Å². The van der Waals surface area contributed by atoms with Gasteiger partial charge >= 0.3 is 0 Å². The van der Waals surface area contributed by atoms with E-state index < -0.39 is 6.04 Å². The Kier molecular flexibility index (Phi) is 4.12. The van der Waals surface area contributed by atoms with Gasteiger partial charge < -0.3 is 10.4 Å². The number of rotatable bonds is 3. The number of aromatic nitrogens is 2. The second-order valence-corrected chi connectivity index (χ2v) is 5.49. The Morgan fingerprint density at radius 2 is 2.00 bits per heavy atom. The van der Waals surface area contributed by atoms with Gasteiger partial charge in [0.2, 0.25) is 5.91 Å². The fourth-order valence-corrected chi connectivity index (χ4v) is 2.76. The van der Waals surface area contributed by atoms with E-state index in [4.69, 9.17) is 11.6 Å². The molecular formula is C17H14ClN3O2. The summed E-state index contributed by atoms with van der Waals surface area (Å²) >= 11 is 6.32. The van der Waals surface area contributed by atoms with E-state index in [2.05, 4.69) is 15.3 Å². The van der Waals surface area contributed by atoms with Crippen LogP contribution in [-0.2, 0) is 4.79 Å². The zero-order valence-electron chi connectivity index (χ0n) is 12.3. The summed E-state index contributed by atoms with van der Waals surface area (Å²) in [4.78, 5) is 20.1. The molecule has 1 amide bonds. The van der Waals surface area contributed by atoms with Gasteiger partial charge in [0, 0.05) is 30.3 Å². The third-order valence-corrected chi connectivity index (χ3v) is 3.80. The normalized spacial score (nSPS) is 12.1. The summed E-state index contributed by atoms with van der Waals surface area (Å²) in [5.41, 5.74) is 1.45. The predicted octanol–water partition coefficient (Wildman–Crippen LogP) is 3.21. The van der Waals surface area contributed by atoms with Gasteiger partial charge in [-0.25, -0.2) is 0 Å². The highest BCUT2D eigenvalue weighted by Crippen LogP contribution is 2.37. The van der Waals surface area contributed by atoms with Gasteiger partial charge in [-0.2, -0.15) is 0 Å². The van der Waals surface area contributed by atoms with Crippen molar-refractivity contribution in [2.24, 2.45) is 0 Å². The molecule has 116 valence electrons. The molecule has 0 aliphatic rings. The number of phenolic OH excluding ortho intramolecular Hbond substituents is 1. The number of fused-ring (bicyclic) bond motifs is 1. The highest BCUT2D eigenvalue weighted by molar-refractivity contribution is 6.35. The molecule has 23 heavy (non-hydrogen) atoms. The number of carbonyl (C=O) groups is 1. The van der Waals surface area contributed by atoms with E-state index in [0.717, 1.165) is 0 Å². The van der Waals surface area contributed by atoms with Crippen LogP contribution < -0.4 is 5.32 Å². The van der Waals surface area contributed by atoms with Gasteiger partial charge in [0.1, 0.15) is 17.3 Å². The molecule has 2 aromatic heterocycles. The van der Waals surface area contributed by atoms with Crippen molar-refractivity contribution in [1.29, 1.82) is 0 Å². The molecule has 2 heterocycles. The zero-order valence-corrected chi connectivity index (χ0v) is 13.1. The Hall–Kier alpha value is -2.66. The van der Waals surface area contributed by atoms with Gasteiger partial charge in [0.15, 0.2) is 0 Å². The number of aromatic hydroxyl groups is 1. The van der Waals surface area contributed by atoms with Crippen molar-refractivity contribution in [1.82, 2.24) is 15.3 Å². The SMILES string of the molecule is CC(=O)NC(c1ccccn1)c1cc(Cl)c2cccnc2c1O. The Morgan fingerprint density at radius 1 is 1.22 bits per heavy atom. The molecule has 1 atom stereocenters. The number of amides is 1. The van der Waals surface area contributed by atoms with Gasteiger partial charge in [-0.3, -0.25) is 14.8 Å². The van der Waals surface area contributed by atoms with Crippen LogP contribution in [0, 0.1) is 0 Å². The molecule has 0 bridgehead atoms. The van der Waals surface area contributed by atoms with E-state index >= 15 is 0 Å². The fraction of sp³-hybridized carbons (Fsp3) is 0.118. The first-order valence-electron chi connectivity index (χ1n) is 7.02. The molecule has 3 aromatic rings. The monoisotopic (exact) mass is 327 g/mol. The van der Waals surface area contributed by atoms with Crippen LogP contribution in [0.15, 0.2) is 48.8 Å². The second kappa shape index (κ2) is 6.22. The number of pyridine rings is 2. The maximum absolute atomic E-state index is 11.6. The first-order valence-corrected chi connectivity index (χ1v) is 7.40. The van der Waals surface area contributed by atoms with E-state index in [0.29, 0.717) is 27.2 Å². The van der Waals surface area contributed by atoms with Crippen LogP contribution in [-0.4, -0.2) is 21.0 Å². The smallest absolute Gasteiger partial charge is 0.217 e. The Bertz CT molecular complexity index is 868. The van der Waals surface area contributed by atoms with Crippen molar-refractivity contribution in [3.63, 3.8) is 0 Å². The lowest BCUT2D eigenvalue weighted by Crippen LogP contribution is -2.27. The number of benzene rings is 1. The third kappa shape index (κ3) is 2.96. The molecule has 0 radical (unpaired) electrons. The number of phenols is 1. The number of nitrogens with zero attached hydrogens (tertiary/aromatic N) is 2. The van der Waals surface area contributed by atoms with E-state index in [9.17, 15) is 9.90 Å². The van der Waals surface area contributed by atoms with Crippen molar-refractivity contribution in [2.75, 3.05) is 0 Å². The molecule has 2 N–H and O–H groups in total. The van der Waals surface area contributed by atoms with E-state index in [1.54, 1.807) is 42.7 Å². The number of nitrogens with one attached hydrogen (secondary N) is 1. The molecule has 0 aliphatic carbocycles. The summed E-state index contributed by atoms with van der Waals surface area (Å²) in [6.07, 6.45) is 3.21. The average molecular weight is 328 g/mol. The summed E-state index contributed by atoms with van der Waals surface area (Å²) in [5.74, 6) is -0.258. The lowest BCUT2D eigenvalue weighted by Gasteiger charge is -2.20. The van der Waals surface area contributed by atoms with Crippen molar-refractivity contribution < 1.29 is 9.90 Å². The first-order chi connectivity index (χ1) is 11.1. The summed E-state index contributed by atoms with van der Waals surface area (Å²) in [7, 11) is 0. The largest absolute Gasteiger partial charge is 0.505 e. The second-order valence-electron chi connectivity index (χ2n) is 5.08. The molecule has 1 unspecified atom stereocenters. The fourth-order valence-electron chi connectivity index (χ4n) is 2.49. The average Bonchev–Trinajstić information content (AvgIpc) is 2.57. The first kappa shape index (κ1) is 15.2. The molecule has 6 heteroatoms. The topological polar surface area (TPSA) is 75.1 Å². The van der Waals surface area contributed by atoms with Gasteiger partial charge in [0.25, 0.3) is 0 Å². The number of hydrogen-bond donors (Lipinski definition) is 2. The number of carbonyl (C=O) groups excluding carboxylic acids is 1. The van der Waals surface area contributed by atoms with Crippen LogP contribution in [0.5, 0.6) is 5.75 Å². The predicted molar refractivity (Wildman–Crippen MR) is 88.3 cm³/mol. The van der Waals surface area contributed by atoms with Crippen LogP contribution in [0.25, 0.3) is 10.9 Å². The quantitative estimate of drug-likeness (QED) is 0.774. The number of halogens is 1. The summed E-state index contributed by atoms with van der Waals surface area (Å²) in [5, 5.41) is 14.5. The highest BCUT2D eigenvalue weighted by Gasteiger charge is 2.23. The van der Waals surface area contributed by atoms with Crippen LogP contribution >= 0.6 is 11.6 Å². The molecule has 3 rings (SSSR count). The van der Waals surface area contributed by atoms with E-state index in [1.807, 2.05) is 6.07 Å². The standard InChI is InChI=1S/C17H14ClN3O2/c1-10(22)21-15(14-6-2-3-7-19-14)12-9-13(18)11-5-4-8-20-16(11)17(12)23/h2-9,15,23H,1H3,(H,21,22). The summed E-state index contributed by atoms with van der Waals surface area (Å²) in [6.45, 7) is 1.41. The highest BCUT2D eigenvalue weighted by atomic mass is 35.5. The maximum atomic E-state index is 11.6. The Labute approximate surface area is 138 Å². The zero-order chi connectivity index (χ0) is 16.4. The Balaban J connectivity index is 2.22. The lowest BCUT2D eigenvalue weighted by molar-refractivity contribution is -0.119. The molecule has 0 saturated carbocycles. The minimum Gasteiger partial charge on any atom is -0.505 e. The molecule has 0 aliphatic heterocycles. The maximum Gasteiger partial charge on any atom is 0.217 e. The molecule has 0 saturated heterocycles. The molecule has 0 spiro atoms. The minimum absolute atomic E-state index is 0.0191. The van der Waals surface area contributed by atoms with Crippen molar-refractivity contribution in [2.45, 2.75) is 13.0 Å². The molecule has 0 fully saturated rings. The lowest BCUT2D eigenvalue weighted by atomic mass is 9.99. The molecule has 1 aromatic carbocycles. The van der Waals surface area contributed by atoms with E-state index in [1.165, 1.54) is 6.92 Å². The van der Waals surface area contributed by atoms with Gasteiger partial charge in [0.05, 0.1) is 10.7 Å². The minimum atomic E-state index is -0.613. The Morgan fingerprint density at radius 3 is 2.70 bits per heavy atom. The van der Waals surface area contributed by atoms with Crippen LogP contribution in [0.1, 0.15) is 24.2 Å². The van der Waals surface area contributed by atoms with Crippen LogP contribution in [0.3, 0.4) is 0 Å². The van der Waals surface area contributed by atoms with Crippen molar-refractivity contribution in [3.8, 4) is 5.75 Å². The summed E-state index contributed by atoms with van der Waals surface area (Å²) < 4.78 is 0. The van der Waals surface area contributed by atoms with Gasteiger partial charge in [-0.05, 0) is 30.3 Å². The van der Waals surface area contributed by atoms with Crippen LogP contribution in [0.4, 0.5) is 0 Å². The van der Waals surface area contributed by atoms with Crippen molar-refractivity contribution >= 4 is 28.4 Å².